The molecule has 6 heterocycles. The molecule has 11 nitrogen and oxygen atoms in total. The Hall–Kier alpha value is -4.74. The molecule has 1 N–H and O–H groups in total. The summed E-state index contributed by atoms with van der Waals surface area (Å²) in [5.74, 6) is 0.284. The maximum atomic E-state index is 13.1. The third-order valence-electron chi connectivity index (χ3n) is 11.6. The topological polar surface area (TPSA) is 112 Å². The second-order valence-corrected chi connectivity index (χ2v) is 14.7. The number of piperidine rings is 3. The lowest BCUT2D eigenvalue weighted by molar-refractivity contribution is -0.136. The third kappa shape index (κ3) is 5.00. The molecule has 3 fully saturated rings. The normalized spacial score (nSPS) is 21.2. The summed E-state index contributed by atoms with van der Waals surface area (Å²) < 4.78 is 4.01. The van der Waals surface area contributed by atoms with Crippen molar-refractivity contribution in [2.24, 2.45) is 7.05 Å². The Morgan fingerprint density at radius 2 is 1.64 bits per heavy atom. The molecule has 1 atom stereocenters. The van der Waals surface area contributed by atoms with Gasteiger partial charge in [-0.05, 0) is 98.6 Å². The number of halogens is 1. The predicted octanol–water partition coefficient (Wildman–Crippen LogP) is 4.60. The number of fused-ring (bicyclic) bond motifs is 6. The first-order valence-corrected chi connectivity index (χ1v) is 18.0. The summed E-state index contributed by atoms with van der Waals surface area (Å²) in [4.78, 5) is 61.3. The number of anilines is 1. The summed E-state index contributed by atoms with van der Waals surface area (Å²) in [6, 6.07) is 18.2. The quantitative estimate of drug-likeness (QED) is 0.274. The Balaban J connectivity index is 0.845. The Morgan fingerprint density at radius 3 is 2.42 bits per heavy atom. The molecule has 50 heavy (non-hydrogen) atoms. The monoisotopic (exact) mass is 691 g/mol. The zero-order valence-electron chi connectivity index (χ0n) is 27.9. The Kier molecular flexibility index (Phi) is 7.47. The van der Waals surface area contributed by atoms with Crippen molar-refractivity contribution in [1.29, 1.82) is 0 Å². The number of nitrogens with zero attached hydrogens (tertiary/aromatic N) is 6. The number of aromatic nitrogens is 3. The number of amides is 3. The summed E-state index contributed by atoms with van der Waals surface area (Å²) >= 11 is 6.41. The molecule has 0 saturated carbocycles. The van der Waals surface area contributed by atoms with Crippen LogP contribution >= 0.6 is 11.6 Å². The van der Waals surface area contributed by atoms with E-state index in [2.05, 4.69) is 50.4 Å². The third-order valence-corrected chi connectivity index (χ3v) is 11.9. The molecule has 12 heteroatoms. The van der Waals surface area contributed by atoms with E-state index in [0.717, 1.165) is 74.0 Å². The number of likely N-dealkylation sites (tertiary alicyclic amines) is 1. The number of imide groups is 1. The molecule has 3 aromatic carbocycles. The van der Waals surface area contributed by atoms with Crippen LogP contribution in [0, 0.1) is 0 Å². The highest BCUT2D eigenvalue weighted by Gasteiger charge is 2.39. The average Bonchev–Trinajstić information content (AvgIpc) is 3.60. The van der Waals surface area contributed by atoms with E-state index in [1.54, 1.807) is 11.0 Å². The van der Waals surface area contributed by atoms with Crippen molar-refractivity contribution < 1.29 is 14.4 Å². The van der Waals surface area contributed by atoms with Gasteiger partial charge < -0.3 is 19.3 Å². The minimum atomic E-state index is -0.586. The van der Waals surface area contributed by atoms with Crippen LogP contribution in [0.3, 0.4) is 0 Å². The molecule has 0 spiro atoms. The van der Waals surface area contributed by atoms with E-state index in [-0.39, 0.29) is 29.7 Å². The van der Waals surface area contributed by atoms with Crippen molar-refractivity contribution in [2.45, 2.75) is 63.1 Å². The van der Waals surface area contributed by atoms with Gasteiger partial charge in [-0.25, -0.2) is 0 Å². The molecule has 2 aromatic heterocycles. The van der Waals surface area contributed by atoms with Crippen LogP contribution in [0.2, 0.25) is 5.02 Å². The molecule has 256 valence electrons. The van der Waals surface area contributed by atoms with Crippen molar-refractivity contribution in [2.75, 3.05) is 31.1 Å². The van der Waals surface area contributed by atoms with Gasteiger partial charge in [0, 0.05) is 50.4 Å². The molecular formula is C38H38ClN7O4. The van der Waals surface area contributed by atoms with Gasteiger partial charge in [0.25, 0.3) is 11.5 Å². The van der Waals surface area contributed by atoms with Crippen LogP contribution in [0.25, 0.3) is 27.7 Å². The maximum absolute atomic E-state index is 13.1. The SMILES string of the molecule is Cn1c2cc(N3CCC(N4CCC(c5ccc6c(c5)CN(C5CCC(=O)NC5=O)C6=O)CC4)CC3)ccc2n2c3cccc(Cl)c3c(=O)nc12. The highest BCUT2D eigenvalue weighted by atomic mass is 35.5. The summed E-state index contributed by atoms with van der Waals surface area (Å²) in [6.45, 7) is 4.50. The van der Waals surface area contributed by atoms with Gasteiger partial charge in [0.15, 0.2) is 0 Å². The van der Waals surface area contributed by atoms with Crippen molar-refractivity contribution in [3.8, 4) is 0 Å². The number of aryl methyl sites for hydroxylation is 1. The fraction of sp³-hybridized carbons (Fsp3) is 0.395. The summed E-state index contributed by atoms with van der Waals surface area (Å²) in [5, 5.41) is 3.24. The molecule has 0 aliphatic carbocycles. The van der Waals surface area contributed by atoms with Crippen molar-refractivity contribution in [1.82, 2.24) is 29.1 Å². The molecule has 5 aromatic rings. The van der Waals surface area contributed by atoms with Crippen molar-refractivity contribution in [3.05, 3.63) is 86.7 Å². The van der Waals surface area contributed by atoms with E-state index in [1.165, 1.54) is 11.3 Å². The number of benzene rings is 3. The summed E-state index contributed by atoms with van der Waals surface area (Å²) in [7, 11) is 1.96. The maximum Gasteiger partial charge on any atom is 0.283 e. The number of nitrogens with one attached hydrogen (secondary N) is 1. The fourth-order valence-electron chi connectivity index (χ4n) is 8.89. The van der Waals surface area contributed by atoms with Crippen LogP contribution < -0.4 is 15.8 Å². The minimum absolute atomic E-state index is 0.119. The smallest absolute Gasteiger partial charge is 0.283 e. The number of carbonyl (C=O) groups excluding carboxylic acids is 3. The van der Waals surface area contributed by atoms with Gasteiger partial charge in [-0.1, -0.05) is 29.8 Å². The van der Waals surface area contributed by atoms with E-state index < -0.39 is 6.04 Å². The molecule has 0 bridgehead atoms. The summed E-state index contributed by atoms with van der Waals surface area (Å²) in [6.07, 6.45) is 5.01. The van der Waals surface area contributed by atoms with Crippen LogP contribution in [0.15, 0.2) is 59.4 Å². The highest BCUT2D eigenvalue weighted by molar-refractivity contribution is 6.35. The first-order chi connectivity index (χ1) is 24.2. The molecule has 9 rings (SSSR count). The first-order valence-electron chi connectivity index (χ1n) is 17.6. The van der Waals surface area contributed by atoms with Crippen LogP contribution in [0.5, 0.6) is 0 Å². The van der Waals surface area contributed by atoms with Gasteiger partial charge in [-0.15, -0.1) is 0 Å². The molecule has 1 unspecified atom stereocenters. The van der Waals surface area contributed by atoms with Gasteiger partial charge in [0.1, 0.15) is 6.04 Å². The predicted molar refractivity (Wildman–Crippen MR) is 192 cm³/mol. The molecule has 4 aliphatic heterocycles. The Morgan fingerprint density at radius 1 is 0.840 bits per heavy atom. The second-order valence-electron chi connectivity index (χ2n) is 14.3. The zero-order valence-corrected chi connectivity index (χ0v) is 28.7. The number of imidazole rings is 1. The van der Waals surface area contributed by atoms with Crippen LogP contribution in [0.4, 0.5) is 5.69 Å². The van der Waals surface area contributed by atoms with E-state index in [1.807, 2.05) is 34.2 Å². The van der Waals surface area contributed by atoms with Gasteiger partial charge in [-0.3, -0.25) is 28.9 Å². The molecule has 4 aliphatic rings. The van der Waals surface area contributed by atoms with E-state index in [0.29, 0.717) is 46.7 Å². The average molecular weight is 692 g/mol. The number of rotatable bonds is 4. The number of hydrogen-bond acceptors (Lipinski definition) is 7. The van der Waals surface area contributed by atoms with Gasteiger partial charge in [-0.2, -0.15) is 4.98 Å². The van der Waals surface area contributed by atoms with E-state index >= 15 is 0 Å². The minimum Gasteiger partial charge on any atom is -0.371 e. The standard InChI is InChI=1S/C38H38ClN7O4/c1-42-32-20-26(6-8-29(32)46-30-4-2-3-28(39)34(30)36(49)41-38(42)46)44-17-13-25(14-18-44)43-15-11-22(12-16-43)23-5-7-27-24(19-23)21-45(37(27)50)31-9-10-33(47)40-35(31)48/h2-8,19-20,22,25,31H,9-18,21H2,1H3,(H,40,47,48). The Bertz CT molecular complexity index is 2300. The largest absolute Gasteiger partial charge is 0.371 e. The van der Waals surface area contributed by atoms with Gasteiger partial charge in [0.05, 0.1) is 27.0 Å². The second kappa shape index (κ2) is 11.9. The highest BCUT2D eigenvalue weighted by Crippen LogP contribution is 2.36. The van der Waals surface area contributed by atoms with Gasteiger partial charge >= 0.3 is 0 Å². The first kappa shape index (κ1) is 31.3. The Labute approximate surface area is 293 Å². The lowest BCUT2D eigenvalue weighted by Gasteiger charge is -2.42. The van der Waals surface area contributed by atoms with E-state index in [4.69, 9.17) is 11.6 Å². The zero-order chi connectivity index (χ0) is 34.3. The number of hydrogen-bond donors (Lipinski definition) is 1. The molecule has 3 amide bonds. The van der Waals surface area contributed by atoms with Crippen molar-refractivity contribution >= 4 is 62.7 Å². The fourth-order valence-corrected chi connectivity index (χ4v) is 9.14. The van der Waals surface area contributed by atoms with Crippen LogP contribution in [0.1, 0.15) is 65.9 Å². The van der Waals surface area contributed by atoms with Crippen LogP contribution in [-0.4, -0.2) is 79.7 Å². The van der Waals surface area contributed by atoms with E-state index in [9.17, 15) is 19.2 Å². The van der Waals surface area contributed by atoms with Crippen LogP contribution in [-0.2, 0) is 23.2 Å². The summed E-state index contributed by atoms with van der Waals surface area (Å²) in [5.41, 5.74) is 6.57. The van der Waals surface area contributed by atoms with Crippen molar-refractivity contribution in [3.63, 3.8) is 0 Å². The van der Waals surface area contributed by atoms with Gasteiger partial charge in [0.2, 0.25) is 17.6 Å². The molecule has 0 radical (unpaired) electrons. The molecular weight excluding hydrogens is 654 g/mol. The molecule has 3 saturated heterocycles. The number of carbonyl (C=O) groups is 3. The lowest BCUT2D eigenvalue weighted by Crippen LogP contribution is -2.52. The lowest BCUT2D eigenvalue weighted by atomic mass is 9.86.